The first-order valence-corrected chi connectivity index (χ1v) is 6.65. The largest absolute Gasteiger partial charge is 0.491 e. The minimum Gasteiger partial charge on any atom is -0.491 e. The van der Waals surface area contributed by atoms with Gasteiger partial charge in [0.15, 0.2) is 0 Å². The summed E-state index contributed by atoms with van der Waals surface area (Å²) in [5, 5.41) is 9.35. The van der Waals surface area contributed by atoms with Gasteiger partial charge in [-0.15, -0.1) is 0 Å². The van der Waals surface area contributed by atoms with Crippen LogP contribution in [0.5, 0.6) is 5.75 Å². The van der Waals surface area contributed by atoms with Crippen molar-refractivity contribution >= 4 is 0 Å². The molecular weight excluding hydrogens is 247 g/mol. The molecule has 0 aromatic heterocycles. The molecule has 1 saturated heterocycles. The fourth-order valence-corrected chi connectivity index (χ4v) is 2.32. The lowest BCUT2D eigenvalue weighted by atomic mass is 10.1. The van der Waals surface area contributed by atoms with Crippen molar-refractivity contribution in [3.63, 3.8) is 0 Å². The lowest BCUT2D eigenvalue weighted by Crippen LogP contribution is -2.23. The van der Waals surface area contributed by atoms with Crippen LogP contribution >= 0.6 is 0 Å². The van der Waals surface area contributed by atoms with Gasteiger partial charge in [-0.3, -0.25) is 0 Å². The van der Waals surface area contributed by atoms with Crippen LogP contribution in [0.25, 0.3) is 0 Å². The van der Waals surface area contributed by atoms with E-state index >= 15 is 0 Å². The van der Waals surface area contributed by atoms with Crippen molar-refractivity contribution in [1.29, 1.82) is 0 Å². The van der Waals surface area contributed by atoms with E-state index in [1.54, 1.807) is 12.1 Å². The summed E-state index contributed by atoms with van der Waals surface area (Å²) < 4.78 is 25.0. The molecule has 0 amide bonds. The van der Waals surface area contributed by atoms with Crippen molar-refractivity contribution < 1.29 is 19.0 Å². The predicted molar refractivity (Wildman–Crippen MR) is 70.7 cm³/mol. The molecular formula is C15H21FO3. The minimum atomic E-state index is -0.812. The normalized spacial score (nSPS) is 23.3. The molecule has 1 heterocycles. The van der Waals surface area contributed by atoms with Crippen LogP contribution < -0.4 is 4.74 Å². The first kappa shape index (κ1) is 14.3. The fraction of sp³-hybridized carbons (Fsp3) is 0.600. The van der Waals surface area contributed by atoms with Gasteiger partial charge in [-0.25, -0.2) is 4.39 Å². The topological polar surface area (TPSA) is 38.7 Å². The molecule has 0 radical (unpaired) electrons. The summed E-state index contributed by atoms with van der Waals surface area (Å²) in [7, 11) is 0. The SMILES string of the molecule is C[C@@H](O)c1ccc(OCC2CCC(C)(C)O2)cc1F. The Labute approximate surface area is 113 Å². The summed E-state index contributed by atoms with van der Waals surface area (Å²) >= 11 is 0. The van der Waals surface area contributed by atoms with E-state index < -0.39 is 11.9 Å². The Morgan fingerprint density at radius 3 is 2.79 bits per heavy atom. The van der Waals surface area contributed by atoms with Gasteiger partial charge in [0.25, 0.3) is 0 Å². The van der Waals surface area contributed by atoms with Crippen LogP contribution in [-0.4, -0.2) is 23.4 Å². The van der Waals surface area contributed by atoms with Crippen molar-refractivity contribution in [1.82, 2.24) is 0 Å². The monoisotopic (exact) mass is 268 g/mol. The first-order valence-electron chi connectivity index (χ1n) is 6.65. The fourth-order valence-electron chi connectivity index (χ4n) is 2.32. The minimum absolute atomic E-state index is 0.0644. The van der Waals surface area contributed by atoms with Gasteiger partial charge in [0.2, 0.25) is 0 Å². The van der Waals surface area contributed by atoms with Gasteiger partial charge >= 0.3 is 0 Å². The molecule has 2 atom stereocenters. The van der Waals surface area contributed by atoms with E-state index in [1.807, 2.05) is 0 Å². The number of hydrogen-bond acceptors (Lipinski definition) is 3. The Morgan fingerprint density at radius 2 is 2.26 bits per heavy atom. The van der Waals surface area contributed by atoms with Crippen molar-refractivity contribution in [3.8, 4) is 5.75 Å². The maximum atomic E-state index is 13.7. The zero-order valence-electron chi connectivity index (χ0n) is 11.6. The quantitative estimate of drug-likeness (QED) is 0.911. The van der Waals surface area contributed by atoms with Crippen LogP contribution in [0.15, 0.2) is 18.2 Å². The van der Waals surface area contributed by atoms with Crippen molar-refractivity contribution in [2.24, 2.45) is 0 Å². The highest BCUT2D eigenvalue weighted by Gasteiger charge is 2.31. The van der Waals surface area contributed by atoms with E-state index in [1.165, 1.54) is 13.0 Å². The third-order valence-electron chi connectivity index (χ3n) is 3.41. The number of halogens is 1. The standard InChI is InChI=1S/C15H21FO3/c1-10(17)13-5-4-11(8-14(13)16)18-9-12-6-7-15(2,3)19-12/h4-5,8,10,12,17H,6-7,9H2,1-3H3/t10-,12?/m1/s1. The van der Waals surface area contributed by atoms with Crippen LogP contribution in [0.4, 0.5) is 4.39 Å². The average Bonchev–Trinajstić information content (AvgIpc) is 2.66. The second kappa shape index (κ2) is 5.47. The molecule has 1 aromatic carbocycles. The summed E-state index contributed by atoms with van der Waals surface area (Å²) in [5.41, 5.74) is 0.195. The third kappa shape index (κ3) is 3.67. The Morgan fingerprint density at radius 1 is 1.53 bits per heavy atom. The molecule has 1 fully saturated rings. The van der Waals surface area contributed by atoms with Gasteiger partial charge in [0, 0.05) is 11.6 Å². The summed E-state index contributed by atoms with van der Waals surface area (Å²) in [6.45, 7) is 6.08. The first-order chi connectivity index (χ1) is 8.87. The molecule has 0 aliphatic carbocycles. The molecule has 1 aliphatic rings. The van der Waals surface area contributed by atoms with Crippen molar-refractivity contribution in [2.75, 3.05) is 6.61 Å². The van der Waals surface area contributed by atoms with Crippen LogP contribution in [0.2, 0.25) is 0 Å². The molecule has 3 nitrogen and oxygen atoms in total. The molecule has 0 bridgehead atoms. The number of aliphatic hydroxyl groups excluding tert-OH is 1. The van der Waals surface area contributed by atoms with Crippen LogP contribution in [0, 0.1) is 5.82 Å². The molecule has 1 unspecified atom stereocenters. The maximum Gasteiger partial charge on any atom is 0.132 e. The molecule has 1 N–H and O–H groups in total. The Bertz CT molecular complexity index is 443. The highest BCUT2D eigenvalue weighted by atomic mass is 19.1. The van der Waals surface area contributed by atoms with Crippen molar-refractivity contribution in [3.05, 3.63) is 29.6 Å². The van der Waals surface area contributed by atoms with Gasteiger partial charge in [-0.2, -0.15) is 0 Å². The molecule has 19 heavy (non-hydrogen) atoms. The molecule has 2 rings (SSSR count). The predicted octanol–water partition coefficient (Wildman–Crippen LogP) is 3.22. The highest BCUT2D eigenvalue weighted by Crippen LogP contribution is 2.30. The van der Waals surface area contributed by atoms with E-state index in [4.69, 9.17) is 9.47 Å². The van der Waals surface area contributed by atoms with E-state index in [0.717, 1.165) is 12.8 Å². The summed E-state index contributed by atoms with van der Waals surface area (Å²) in [6, 6.07) is 4.53. The zero-order chi connectivity index (χ0) is 14.0. The number of aliphatic hydroxyl groups is 1. The summed E-state index contributed by atoms with van der Waals surface area (Å²) in [5.74, 6) is 0.0235. The highest BCUT2D eigenvalue weighted by molar-refractivity contribution is 5.30. The molecule has 0 saturated carbocycles. The van der Waals surface area contributed by atoms with E-state index in [9.17, 15) is 9.50 Å². The Hall–Kier alpha value is -1.13. The number of hydrogen-bond donors (Lipinski definition) is 1. The Balaban J connectivity index is 1.92. The third-order valence-corrected chi connectivity index (χ3v) is 3.41. The number of ether oxygens (including phenoxy) is 2. The van der Waals surface area contributed by atoms with E-state index in [0.29, 0.717) is 12.4 Å². The lowest BCUT2D eigenvalue weighted by Gasteiger charge is -2.19. The molecule has 1 aliphatic heterocycles. The maximum absolute atomic E-state index is 13.7. The molecule has 106 valence electrons. The van der Waals surface area contributed by atoms with Gasteiger partial charge in [0.1, 0.15) is 18.2 Å². The van der Waals surface area contributed by atoms with Crippen LogP contribution in [0.3, 0.4) is 0 Å². The van der Waals surface area contributed by atoms with Gasteiger partial charge in [-0.1, -0.05) is 0 Å². The Kier molecular flexibility index (Phi) is 4.11. The number of rotatable bonds is 4. The zero-order valence-corrected chi connectivity index (χ0v) is 11.6. The number of benzene rings is 1. The molecule has 1 aromatic rings. The lowest BCUT2D eigenvalue weighted by molar-refractivity contribution is -0.0327. The van der Waals surface area contributed by atoms with Crippen molar-refractivity contribution in [2.45, 2.75) is 51.4 Å². The summed E-state index contributed by atoms with van der Waals surface area (Å²) in [6.07, 6.45) is 1.22. The average molecular weight is 268 g/mol. The van der Waals surface area contributed by atoms with Crippen LogP contribution in [0.1, 0.15) is 45.3 Å². The van der Waals surface area contributed by atoms with Crippen LogP contribution in [-0.2, 0) is 4.74 Å². The van der Waals surface area contributed by atoms with Gasteiger partial charge in [-0.05, 0) is 45.7 Å². The summed E-state index contributed by atoms with van der Waals surface area (Å²) in [4.78, 5) is 0. The second-order valence-corrected chi connectivity index (χ2v) is 5.71. The van der Waals surface area contributed by atoms with Gasteiger partial charge in [0.05, 0.1) is 17.8 Å². The smallest absolute Gasteiger partial charge is 0.132 e. The second-order valence-electron chi connectivity index (χ2n) is 5.71. The van der Waals surface area contributed by atoms with Gasteiger partial charge < -0.3 is 14.6 Å². The van der Waals surface area contributed by atoms with E-state index in [2.05, 4.69) is 13.8 Å². The van der Waals surface area contributed by atoms with E-state index in [-0.39, 0.29) is 17.3 Å². The molecule has 4 heteroatoms. The molecule has 0 spiro atoms.